The molecule has 0 heterocycles. The van der Waals surface area contributed by atoms with Gasteiger partial charge < -0.3 is 4.74 Å². The van der Waals surface area contributed by atoms with Gasteiger partial charge >= 0.3 is 5.97 Å². The van der Waals surface area contributed by atoms with Crippen LogP contribution in [-0.4, -0.2) is 29.3 Å². The normalized spacial score (nSPS) is 11.1. The lowest BCUT2D eigenvalue weighted by Crippen LogP contribution is -2.26. The predicted octanol–water partition coefficient (Wildman–Crippen LogP) is 4.48. The molecule has 0 amide bonds. The molecule has 7 heteroatoms. The van der Waals surface area contributed by atoms with Crippen molar-refractivity contribution in [2.75, 3.05) is 6.61 Å². The lowest BCUT2D eigenvalue weighted by Gasteiger charge is -2.15. The SMILES string of the molecule is CCOC(=O)C(Cc1cccc(C#N)c1[N+](=O)[O-])N=C(c1ccccc1)c1ccccc1. The second kappa shape index (κ2) is 10.6. The summed E-state index contributed by atoms with van der Waals surface area (Å²) < 4.78 is 5.22. The second-order valence-corrected chi connectivity index (χ2v) is 6.86. The van der Waals surface area contributed by atoms with E-state index in [0.717, 1.165) is 11.1 Å². The van der Waals surface area contributed by atoms with E-state index in [-0.39, 0.29) is 29.8 Å². The van der Waals surface area contributed by atoms with Crippen LogP contribution in [0.2, 0.25) is 0 Å². The van der Waals surface area contributed by atoms with Gasteiger partial charge in [-0.25, -0.2) is 4.79 Å². The van der Waals surface area contributed by atoms with Crippen LogP contribution in [0.5, 0.6) is 0 Å². The number of nitro groups is 1. The summed E-state index contributed by atoms with van der Waals surface area (Å²) in [5.74, 6) is -0.589. The first-order chi connectivity index (χ1) is 15.5. The largest absolute Gasteiger partial charge is 0.464 e. The third-order valence-electron chi connectivity index (χ3n) is 4.77. The zero-order chi connectivity index (χ0) is 22.9. The molecular weight excluding hydrogens is 406 g/mol. The van der Waals surface area contributed by atoms with E-state index in [1.54, 1.807) is 13.0 Å². The number of carbonyl (C=O) groups is 1. The monoisotopic (exact) mass is 427 g/mol. The molecule has 0 aliphatic rings. The van der Waals surface area contributed by atoms with Crippen molar-refractivity contribution >= 4 is 17.4 Å². The van der Waals surface area contributed by atoms with Gasteiger partial charge in [0.1, 0.15) is 11.6 Å². The van der Waals surface area contributed by atoms with Crippen LogP contribution in [0, 0.1) is 21.4 Å². The van der Waals surface area contributed by atoms with E-state index in [1.807, 2.05) is 66.7 Å². The first kappa shape index (κ1) is 22.4. The quantitative estimate of drug-likeness (QED) is 0.228. The van der Waals surface area contributed by atoms with Gasteiger partial charge in [-0.15, -0.1) is 0 Å². The van der Waals surface area contributed by atoms with Crippen molar-refractivity contribution < 1.29 is 14.5 Å². The second-order valence-electron chi connectivity index (χ2n) is 6.86. The third-order valence-corrected chi connectivity index (χ3v) is 4.77. The Kier molecular flexibility index (Phi) is 7.44. The van der Waals surface area contributed by atoms with Crippen LogP contribution >= 0.6 is 0 Å². The Balaban J connectivity index is 2.13. The number of carbonyl (C=O) groups excluding carboxylic acids is 1. The molecule has 0 N–H and O–H groups in total. The molecule has 0 aliphatic heterocycles. The maximum absolute atomic E-state index is 12.8. The predicted molar refractivity (Wildman–Crippen MR) is 120 cm³/mol. The van der Waals surface area contributed by atoms with E-state index in [9.17, 15) is 20.2 Å². The molecule has 0 aromatic heterocycles. The number of ether oxygens (including phenoxy) is 1. The molecule has 7 nitrogen and oxygen atoms in total. The summed E-state index contributed by atoms with van der Waals surface area (Å²) in [6, 6.07) is 24.0. The van der Waals surface area contributed by atoms with Gasteiger partial charge in [0.05, 0.1) is 17.2 Å². The van der Waals surface area contributed by atoms with Crippen molar-refractivity contribution in [3.05, 3.63) is 111 Å². The number of rotatable bonds is 8. The molecular formula is C25H21N3O4. The fraction of sp³-hybridized carbons (Fsp3) is 0.160. The number of aliphatic imine (C=N–C) groups is 1. The first-order valence-corrected chi connectivity index (χ1v) is 10.1. The van der Waals surface area contributed by atoms with E-state index in [1.165, 1.54) is 12.1 Å². The molecule has 3 aromatic carbocycles. The number of nitrogens with zero attached hydrogens (tertiary/aromatic N) is 3. The maximum atomic E-state index is 12.8. The van der Waals surface area contributed by atoms with Gasteiger partial charge in [-0.1, -0.05) is 72.8 Å². The molecule has 160 valence electrons. The Morgan fingerprint density at radius 3 is 2.12 bits per heavy atom. The fourth-order valence-electron chi connectivity index (χ4n) is 3.35. The average Bonchev–Trinajstić information content (AvgIpc) is 2.82. The number of nitriles is 1. The lowest BCUT2D eigenvalue weighted by atomic mass is 9.99. The summed E-state index contributed by atoms with van der Waals surface area (Å²) in [6.45, 7) is 1.84. The van der Waals surface area contributed by atoms with Crippen LogP contribution in [0.15, 0.2) is 83.9 Å². The van der Waals surface area contributed by atoms with Gasteiger partial charge in [-0.3, -0.25) is 15.1 Å². The van der Waals surface area contributed by atoms with Gasteiger partial charge in [-0.05, 0) is 13.0 Å². The Morgan fingerprint density at radius 1 is 1.03 bits per heavy atom. The van der Waals surface area contributed by atoms with Crippen molar-refractivity contribution in [2.24, 2.45) is 4.99 Å². The van der Waals surface area contributed by atoms with Gasteiger partial charge in [0.25, 0.3) is 5.69 Å². The molecule has 3 aromatic rings. The third kappa shape index (κ3) is 5.24. The van der Waals surface area contributed by atoms with Crippen LogP contribution in [-0.2, 0) is 16.0 Å². The van der Waals surface area contributed by atoms with Gasteiger partial charge in [0.15, 0.2) is 6.04 Å². The lowest BCUT2D eigenvalue weighted by molar-refractivity contribution is -0.385. The minimum atomic E-state index is -1.03. The van der Waals surface area contributed by atoms with E-state index in [2.05, 4.69) is 0 Å². The molecule has 0 radical (unpaired) electrons. The first-order valence-electron chi connectivity index (χ1n) is 10.1. The Bertz CT molecular complexity index is 1130. The van der Waals surface area contributed by atoms with Crippen molar-refractivity contribution in [2.45, 2.75) is 19.4 Å². The number of para-hydroxylation sites is 1. The zero-order valence-corrected chi connectivity index (χ0v) is 17.5. The van der Waals surface area contributed by atoms with Crippen LogP contribution in [0.3, 0.4) is 0 Å². The Hall–Kier alpha value is -4.31. The highest BCUT2D eigenvalue weighted by Gasteiger charge is 2.27. The highest BCUT2D eigenvalue weighted by molar-refractivity contribution is 6.13. The maximum Gasteiger partial charge on any atom is 0.331 e. The minimum absolute atomic E-state index is 0.0644. The van der Waals surface area contributed by atoms with Crippen molar-refractivity contribution in [3.63, 3.8) is 0 Å². The summed E-state index contributed by atoms with van der Waals surface area (Å²) in [7, 11) is 0. The molecule has 32 heavy (non-hydrogen) atoms. The van der Waals surface area contributed by atoms with Crippen LogP contribution < -0.4 is 0 Å². The molecule has 0 saturated heterocycles. The van der Waals surface area contributed by atoms with Crippen LogP contribution in [0.1, 0.15) is 29.2 Å². The Morgan fingerprint density at radius 2 is 1.62 bits per heavy atom. The van der Waals surface area contributed by atoms with Gasteiger partial charge in [0.2, 0.25) is 0 Å². The number of hydrogen-bond acceptors (Lipinski definition) is 6. The van der Waals surface area contributed by atoms with Gasteiger partial charge in [0, 0.05) is 23.1 Å². The van der Waals surface area contributed by atoms with E-state index in [4.69, 9.17) is 9.73 Å². The summed E-state index contributed by atoms with van der Waals surface area (Å²) in [5.41, 5.74) is 2.03. The molecule has 1 unspecified atom stereocenters. The molecule has 0 spiro atoms. The summed E-state index contributed by atoms with van der Waals surface area (Å²) in [5, 5.41) is 20.9. The van der Waals surface area contributed by atoms with Gasteiger partial charge in [-0.2, -0.15) is 5.26 Å². The van der Waals surface area contributed by atoms with E-state index >= 15 is 0 Å². The molecule has 0 saturated carbocycles. The summed E-state index contributed by atoms with van der Waals surface area (Å²) in [4.78, 5) is 28.6. The summed E-state index contributed by atoms with van der Waals surface area (Å²) >= 11 is 0. The highest BCUT2D eigenvalue weighted by Crippen LogP contribution is 2.26. The van der Waals surface area contributed by atoms with Crippen LogP contribution in [0.25, 0.3) is 0 Å². The van der Waals surface area contributed by atoms with E-state index < -0.39 is 16.9 Å². The van der Waals surface area contributed by atoms with Crippen molar-refractivity contribution in [1.29, 1.82) is 5.26 Å². The molecule has 0 fully saturated rings. The highest BCUT2D eigenvalue weighted by atomic mass is 16.6. The standard InChI is InChI=1S/C25H21N3O4/c1-2-32-25(29)22(16-20-14-9-15-21(17-26)24(20)28(30)31)27-23(18-10-5-3-6-11-18)19-12-7-4-8-13-19/h3-15,22H,2,16H2,1H3. The minimum Gasteiger partial charge on any atom is -0.464 e. The van der Waals surface area contributed by atoms with Crippen LogP contribution in [0.4, 0.5) is 5.69 Å². The molecule has 3 rings (SSSR count). The Labute approximate surface area is 185 Å². The number of nitro benzene ring substituents is 1. The van der Waals surface area contributed by atoms with Crippen molar-refractivity contribution in [3.8, 4) is 6.07 Å². The zero-order valence-electron chi connectivity index (χ0n) is 17.5. The number of hydrogen-bond donors (Lipinski definition) is 0. The molecule has 0 aliphatic carbocycles. The van der Waals surface area contributed by atoms with E-state index in [0.29, 0.717) is 5.71 Å². The fourth-order valence-corrected chi connectivity index (χ4v) is 3.35. The topological polar surface area (TPSA) is 106 Å². The number of esters is 1. The molecule has 0 bridgehead atoms. The smallest absolute Gasteiger partial charge is 0.331 e. The van der Waals surface area contributed by atoms with Crippen molar-refractivity contribution in [1.82, 2.24) is 0 Å². The summed E-state index contributed by atoms with van der Waals surface area (Å²) in [6.07, 6.45) is -0.0756. The average molecular weight is 427 g/mol. The molecule has 1 atom stereocenters. The number of benzene rings is 3.